The molecule has 1 heterocycles. The lowest BCUT2D eigenvalue weighted by molar-refractivity contribution is 0.306. The number of ether oxygens (including phenoxy) is 1. The molecule has 1 atom stereocenters. The maximum Gasteiger partial charge on any atom is 0.150 e. The monoisotopic (exact) mass is 283 g/mol. The van der Waals surface area contributed by atoms with Gasteiger partial charge < -0.3 is 10.1 Å². The maximum atomic E-state index is 11.3. The third-order valence-corrected chi connectivity index (χ3v) is 5.11. The summed E-state index contributed by atoms with van der Waals surface area (Å²) < 4.78 is 28.1. The van der Waals surface area contributed by atoms with Gasteiger partial charge in [-0.3, -0.25) is 0 Å². The molecule has 1 N–H and O–H groups in total. The van der Waals surface area contributed by atoms with Gasteiger partial charge in [-0.05, 0) is 44.0 Å². The number of rotatable bonds is 7. The number of nitrogens with one attached hydrogen (secondary N) is 1. The number of hydrogen-bond donors (Lipinski definition) is 1. The molecule has 1 fully saturated rings. The van der Waals surface area contributed by atoms with Crippen molar-refractivity contribution in [2.24, 2.45) is 5.92 Å². The van der Waals surface area contributed by atoms with Gasteiger partial charge in [-0.1, -0.05) is 18.2 Å². The highest BCUT2D eigenvalue weighted by molar-refractivity contribution is 7.91. The van der Waals surface area contributed by atoms with E-state index in [1.54, 1.807) is 0 Å². The van der Waals surface area contributed by atoms with Crippen molar-refractivity contribution in [2.75, 3.05) is 31.2 Å². The molecule has 19 heavy (non-hydrogen) atoms. The largest absolute Gasteiger partial charge is 0.494 e. The first kappa shape index (κ1) is 14.3. The van der Waals surface area contributed by atoms with E-state index in [-0.39, 0.29) is 0 Å². The molecule has 1 saturated heterocycles. The molecule has 1 aromatic rings. The number of hydrogen-bond acceptors (Lipinski definition) is 4. The first-order valence-electron chi connectivity index (χ1n) is 6.75. The summed E-state index contributed by atoms with van der Waals surface area (Å²) in [4.78, 5) is 0. The molecule has 1 unspecified atom stereocenters. The molecule has 5 heteroatoms. The molecule has 2 rings (SSSR count). The molecule has 0 amide bonds. The summed E-state index contributed by atoms with van der Waals surface area (Å²) in [6.45, 7) is 2.34. The number of para-hydroxylation sites is 1. The van der Waals surface area contributed by atoms with Crippen LogP contribution in [-0.2, 0) is 9.84 Å². The third-order valence-electron chi connectivity index (χ3n) is 3.27. The Hall–Kier alpha value is -1.07. The van der Waals surface area contributed by atoms with Crippen LogP contribution in [0.5, 0.6) is 5.75 Å². The third kappa shape index (κ3) is 5.20. The number of benzene rings is 1. The van der Waals surface area contributed by atoms with E-state index in [0.717, 1.165) is 31.7 Å². The Morgan fingerprint density at radius 3 is 2.74 bits per heavy atom. The van der Waals surface area contributed by atoms with Crippen LogP contribution in [0.15, 0.2) is 30.3 Å². The predicted octanol–water partition coefficient (Wildman–Crippen LogP) is 1.48. The maximum absolute atomic E-state index is 11.3. The highest BCUT2D eigenvalue weighted by Crippen LogP contribution is 2.17. The average molecular weight is 283 g/mol. The summed E-state index contributed by atoms with van der Waals surface area (Å²) in [7, 11) is -2.74. The quantitative estimate of drug-likeness (QED) is 0.770. The smallest absolute Gasteiger partial charge is 0.150 e. The van der Waals surface area contributed by atoms with Gasteiger partial charge in [0, 0.05) is 0 Å². The zero-order chi connectivity index (χ0) is 13.6. The summed E-state index contributed by atoms with van der Waals surface area (Å²) in [6.07, 6.45) is 1.73. The van der Waals surface area contributed by atoms with Gasteiger partial charge in [0.1, 0.15) is 5.75 Å². The highest BCUT2D eigenvalue weighted by atomic mass is 32.2. The minimum absolute atomic E-state index is 0.292. The van der Waals surface area contributed by atoms with Crippen molar-refractivity contribution in [3.8, 4) is 5.75 Å². The van der Waals surface area contributed by atoms with Gasteiger partial charge in [-0.25, -0.2) is 8.42 Å². The molecule has 4 nitrogen and oxygen atoms in total. The molecule has 0 aromatic heterocycles. The molecule has 0 radical (unpaired) electrons. The van der Waals surface area contributed by atoms with Crippen LogP contribution < -0.4 is 10.1 Å². The predicted molar refractivity (Wildman–Crippen MR) is 76.2 cm³/mol. The minimum Gasteiger partial charge on any atom is -0.494 e. The molecule has 106 valence electrons. The van der Waals surface area contributed by atoms with Gasteiger partial charge >= 0.3 is 0 Å². The fourth-order valence-corrected chi connectivity index (χ4v) is 4.10. The van der Waals surface area contributed by atoms with Crippen molar-refractivity contribution in [3.63, 3.8) is 0 Å². The van der Waals surface area contributed by atoms with Crippen LogP contribution in [0.4, 0.5) is 0 Å². The Labute approximate surface area is 115 Å². The highest BCUT2D eigenvalue weighted by Gasteiger charge is 2.27. The van der Waals surface area contributed by atoms with Crippen LogP contribution in [0.25, 0.3) is 0 Å². The Morgan fingerprint density at radius 1 is 1.26 bits per heavy atom. The molecule has 0 aliphatic carbocycles. The molecular formula is C14H21NO3S. The van der Waals surface area contributed by atoms with Gasteiger partial charge in [-0.15, -0.1) is 0 Å². The van der Waals surface area contributed by atoms with E-state index in [9.17, 15) is 8.42 Å². The Morgan fingerprint density at radius 2 is 2.05 bits per heavy atom. The van der Waals surface area contributed by atoms with Crippen LogP contribution in [-0.4, -0.2) is 39.6 Å². The zero-order valence-electron chi connectivity index (χ0n) is 11.0. The van der Waals surface area contributed by atoms with Crippen molar-refractivity contribution < 1.29 is 13.2 Å². The summed E-state index contributed by atoms with van der Waals surface area (Å²) >= 11 is 0. The summed E-state index contributed by atoms with van der Waals surface area (Å²) in [5, 5.41) is 3.31. The Balaban J connectivity index is 1.51. The van der Waals surface area contributed by atoms with E-state index in [2.05, 4.69) is 5.32 Å². The number of sulfone groups is 1. The Bertz CT molecular complexity index is 473. The molecule has 0 spiro atoms. The van der Waals surface area contributed by atoms with Crippen LogP contribution in [0.2, 0.25) is 0 Å². The Kier molecular flexibility index (Phi) is 5.22. The molecule has 1 aliphatic heterocycles. The van der Waals surface area contributed by atoms with Crippen molar-refractivity contribution in [1.29, 1.82) is 0 Å². The fourth-order valence-electron chi connectivity index (χ4n) is 2.24. The van der Waals surface area contributed by atoms with Gasteiger partial charge in [0.2, 0.25) is 0 Å². The lowest BCUT2D eigenvalue weighted by Gasteiger charge is -2.10. The van der Waals surface area contributed by atoms with Gasteiger partial charge in [-0.2, -0.15) is 0 Å². The van der Waals surface area contributed by atoms with Crippen molar-refractivity contribution in [1.82, 2.24) is 5.32 Å². The SMILES string of the molecule is O=S1(=O)CCC(CNCCCOc2ccccc2)C1. The molecular weight excluding hydrogens is 262 g/mol. The van der Waals surface area contributed by atoms with E-state index >= 15 is 0 Å². The lowest BCUT2D eigenvalue weighted by atomic mass is 10.1. The van der Waals surface area contributed by atoms with Crippen molar-refractivity contribution in [2.45, 2.75) is 12.8 Å². The summed E-state index contributed by atoms with van der Waals surface area (Å²) in [6, 6.07) is 9.75. The lowest BCUT2D eigenvalue weighted by Crippen LogP contribution is -2.25. The van der Waals surface area contributed by atoms with Crippen LogP contribution in [0.3, 0.4) is 0 Å². The van der Waals surface area contributed by atoms with Gasteiger partial charge in [0.05, 0.1) is 18.1 Å². The first-order valence-corrected chi connectivity index (χ1v) is 8.57. The standard InChI is InChI=1S/C14H21NO3S/c16-19(17)10-7-13(12-19)11-15-8-4-9-18-14-5-2-1-3-6-14/h1-3,5-6,13,15H,4,7-12H2. The van der Waals surface area contributed by atoms with Gasteiger partial charge in [0.15, 0.2) is 9.84 Å². The molecule has 0 bridgehead atoms. The topological polar surface area (TPSA) is 55.4 Å². The van der Waals surface area contributed by atoms with Crippen molar-refractivity contribution >= 4 is 9.84 Å². The second-order valence-electron chi connectivity index (χ2n) is 4.99. The van der Waals surface area contributed by atoms with E-state index in [0.29, 0.717) is 24.0 Å². The van der Waals surface area contributed by atoms with Crippen LogP contribution in [0, 0.1) is 5.92 Å². The second-order valence-corrected chi connectivity index (χ2v) is 7.22. The normalized spacial score (nSPS) is 21.4. The summed E-state index contributed by atoms with van der Waals surface area (Å²) in [5.41, 5.74) is 0. The second kappa shape index (κ2) is 6.91. The molecule has 1 aliphatic rings. The molecule has 1 aromatic carbocycles. The van der Waals surface area contributed by atoms with Crippen LogP contribution >= 0.6 is 0 Å². The van der Waals surface area contributed by atoms with E-state index in [4.69, 9.17) is 4.74 Å². The van der Waals surface area contributed by atoms with E-state index < -0.39 is 9.84 Å². The summed E-state index contributed by atoms with van der Waals surface area (Å²) in [5.74, 6) is 1.89. The van der Waals surface area contributed by atoms with E-state index in [1.807, 2.05) is 30.3 Å². The first-order chi connectivity index (χ1) is 9.16. The molecule has 0 saturated carbocycles. The van der Waals surface area contributed by atoms with Crippen LogP contribution in [0.1, 0.15) is 12.8 Å². The van der Waals surface area contributed by atoms with Crippen molar-refractivity contribution in [3.05, 3.63) is 30.3 Å². The van der Waals surface area contributed by atoms with Gasteiger partial charge in [0.25, 0.3) is 0 Å². The average Bonchev–Trinajstić information content (AvgIpc) is 2.74. The van der Waals surface area contributed by atoms with E-state index in [1.165, 1.54) is 0 Å². The zero-order valence-corrected chi connectivity index (χ0v) is 11.9. The fraction of sp³-hybridized carbons (Fsp3) is 0.571. The minimum atomic E-state index is -2.74.